The topological polar surface area (TPSA) is 0 Å². The van der Waals surface area contributed by atoms with Gasteiger partial charge in [-0.05, 0) is 60.1 Å². The van der Waals surface area contributed by atoms with Gasteiger partial charge in [-0.25, -0.2) is 0 Å². The van der Waals surface area contributed by atoms with Crippen LogP contribution in [-0.4, -0.2) is 0 Å². The summed E-state index contributed by atoms with van der Waals surface area (Å²) >= 11 is 0. The molecule has 4 atom stereocenters. The predicted molar refractivity (Wildman–Crippen MR) is 97.8 cm³/mol. The van der Waals surface area contributed by atoms with Gasteiger partial charge >= 0.3 is 0 Å². The van der Waals surface area contributed by atoms with E-state index in [1.54, 1.807) is 16.7 Å². The summed E-state index contributed by atoms with van der Waals surface area (Å²) in [6.07, 6.45) is 6.69. The highest BCUT2D eigenvalue weighted by molar-refractivity contribution is 5.42. The molecule has 0 heterocycles. The summed E-state index contributed by atoms with van der Waals surface area (Å²) in [5.74, 6) is 2.29. The molecule has 2 aliphatic rings. The molecule has 0 aromatic heterocycles. The number of hydrogen-bond acceptors (Lipinski definition) is 0. The molecule has 2 aromatic carbocycles. The van der Waals surface area contributed by atoms with Crippen molar-refractivity contribution in [3.8, 4) is 0 Å². The third-order valence-electron chi connectivity index (χ3n) is 6.72. The van der Waals surface area contributed by atoms with Crippen molar-refractivity contribution in [2.45, 2.75) is 57.3 Å². The van der Waals surface area contributed by atoms with Crippen molar-refractivity contribution >= 4 is 0 Å². The van der Waals surface area contributed by atoms with Crippen molar-refractivity contribution in [3.05, 3.63) is 71.3 Å². The van der Waals surface area contributed by atoms with Gasteiger partial charge in [0.05, 0.1) is 0 Å². The maximum absolute atomic E-state index is 2.51. The molecule has 0 saturated heterocycles. The highest BCUT2D eigenvalue weighted by Gasteiger charge is 2.49. The van der Waals surface area contributed by atoms with E-state index in [0.717, 1.165) is 11.8 Å². The molecule has 120 valence electrons. The Kier molecular flexibility index (Phi) is 3.79. The lowest BCUT2D eigenvalue weighted by Gasteiger charge is -2.50. The highest BCUT2D eigenvalue weighted by atomic mass is 14.5. The van der Waals surface area contributed by atoms with E-state index in [2.05, 4.69) is 68.4 Å². The monoisotopic (exact) mass is 304 g/mol. The van der Waals surface area contributed by atoms with E-state index in [1.165, 1.54) is 32.1 Å². The molecular weight excluding hydrogens is 276 g/mol. The van der Waals surface area contributed by atoms with E-state index in [1.807, 2.05) is 0 Å². The molecular formula is C23H28. The Labute approximate surface area is 140 Å². The molecule has 2 unspecified atom stereocenters. The highest BCUT2D eigenvalue weighted by Crippen LogP contribution is 2.57. The Balaban J connectivity index is 1.87. The first-order chi connectivity index (χ1) is 11.2. The molecule has 0 aliphatic heterocycles. The first kappa shape index (κ1) is 15.0. The van der Waals surface area contributed by atoms with Gasteiger partial charge in [0.1, 0.15) is 0 Å². The minimum atomic E-state index is 0.325. The van der Waals surface area contributed by atoms with Gasteiger partial charge in [0.15, 0.2) is 0 Å². The van der Waals surface area contributed by atoms with E-state index < -0.39 is 0 Å². The Hall–Kier alpha value is -1.56. The van der Waals surface area contributed by atoms with Crippen LogP contribution < -0.4 is 0 Å². The lowest BCUT2D eigenvalue weighted by molar-refractivity contribution is 0.124. The zero-order valence-electron chi connectivity index (χ0n) is 14.5. The molecule has 0 heteroatoms. The van der Waals surface area contributed by atoms with Gasteiger partial charge in [-0.3, -0.25) is 0 Å². The van der Waals surface area contributed by atoms with E-state index in [-0.39, 0.29) is 0 Å². The summed E-state index contributed by atoms with van der Waals surface area (Å²) in [6, 6.07) is 20.7. The smallest absolute Gasteiger partial charge is 0.00499 e. The molecule has 1 saturated carbocycles. The molecule has 2 aromatic rings. The van der Waals surface area contributed by atoms with Gasteiger partial charge in [-0.2, -0.15) is 0 Å². The van der Waals surface area contributed by atoms with Crippen LogP contribution in [0.4, 0.5) is 0 Å². The summed E-state index contributed by atoms with van der Waals surface area (Å²) in [5, 5.41) is 0. The van der Waals surface area contributed by atoms with Gasteiger partial charge in [0.25, 0.3) is 0 Å². The second-order valence-corrected chi connectivity index (χ2v) is 7.98. The standard InChI is InChI=1S/C23H28/c1-17-12-13-18(2)23(16-17,20-9-4-3-5-10-20)22-15-14-19-8-6-7-11-21(19)22/h3-11,17-18,22H,12-16H2,1-2H3/t17?,18?,22-,23+/m0/s1. The van der Waals surface area contributed by atoms with Crippen LogP contribution in [0.5, 0.6) is 0 Å². The fraction of sp³-hybridized carbons (Fsp3) is 0.478. The fourth-order valence-corrected chi connectivity index (χ4v) is 5.60. The Morgan fingerprint density at radius 2 is 1.57 bits per heavy atom. The Morgan fingerprint density at radius 3 is 2.39 bits per heavy atom. The van der Waals surface area contributed by atoms with Crippen molar-refractivity contribution in [1.29, 1.82) is 0 Å². The van der Waals surface area contributed by atoms with Crippen LogP contribution in [-0.2, 0) is 11.8 Å². The number of aryl methyl sites for hydroxylation is 1. The van der Waals surface area contributed by atoms with Crippen LogP contribution in [0.25, 0.3) is 0 Å². The Bertz CT molecular complexity index is 671. The van der Waals surface area contributed by atoms with E-state index in [0.29, 0.717) is 11.3 Å². The predicted octanol–water partition coefficient (Wildman–Crippen LogP) is 6.11. The number of fused-ring (bicyclic) bond motifs is 1. The zero-order valence-corrected chi connectivity index (χ0v) is 14.5. The SMILES string of the molecule is CC1CCC(C)[C@](c2ccccc2)([C@H]2CCc3ccccc32)C1. The maximum Gasteiger partial charge on any atom is 0.00499 e. The third kappa shape index (κ3) is 2.35. The Morgan fingerprint density at radius 1 is 0.826 bits per heavy atom. The minimum Gasteiger partial charge on any atom is -0.0625 e. The van der Waals surface area contributed by atoms with Crippen LogP contribution in [0, 0.1) is 11.8 Å². The van der Waals surface area contributed by atoms with Crippen molar-refractivity contribution in [3.63, 3.8) is 0 Å². The second kappa shape index (κ2) is 5.82. The molecule has 0 amide bonds. The van der Waals surface area contributed by atoms with Crippen LogP contribution >= 0.6 is 0 Å². The average molecular weight is 304 g/mol. The van der Waals surface area contributed by atoms with E-state index in [9.17, 15) is 0 Å². The molecule has 0 nitrogen and oxygen atoms in total. The molecule has 0 bridgehead atoms. The molecule has 0 spiro atoms. The fourth-order valence-electron chi connectivity index (χ4n) is 5.60. The van der Waals surface area contributed by atoms with Crippen molar-refractivity contribution < 1.29 is 0 Å². The van der Waals surface area contributed by atoms with Crippen molar-refractivity contribution in [2.24, 2.45) is 11.8 Å². The van der Waals surface area contributed by atoms with Crippen LogP contribution in [0.3, 0.4) is 0 Å². The first-order valence-electron chi connectivity index (χ1n) is 9.35. The normalized spacial score (nSPS) is 33.4. The zero-order chi connectivity index (χ0) is 15.9. The first-order valence-corrected chi connectivity index (χ1v) is 9.35. The molecule has 2 aliphatic carbocycles. The summed E-state index contributed by atoms with van der Waals surface area (Å²) < 4.78 is 0. The van der Waals surface area contributed by atoms with E-state index in [4.69, 9.17) is 0 Å². The molecule has 4 rings (SSSR count). The second-order valence-electron chi connectivity index (χ2n) is 7.98. The van der Waals surface area contributed by atoms with E-state index >= 15 is 0 Å². The largest absolute Gasteiger partial charge is 0.0625 e. The van der Waals surface area contributed by atoms with Crippen LogP contribution in [0.2, 0.25) is 0 Å². The van der Waals surface area contributed by atoms with Gasteiger partial charge < -0.3 is 0 Å². The number of benzene rings is 2. The average Bonchev–Trinajstić information content (AvgIpc) is 3.02. The summed E-state index contributed by atoms with van der Waals surface area (Å²) in [6.45, 7) is 4.98. The molecule has 0 N–H and O–H groups in total. The van der Waals surface area contributed by atoms with Crippen molar-refractivity contribution in [1.82, 2.24) is 0 Å². The van der Waals surface area contributed by atoms with Gasteiger partial charge in [-0.15, -0.1) is 0 Å². The molecule has 23 heavy (non-hydrogen) atoms. The summed E-state index contributed by atoms with van der Waals surface area (Å²) in [4.78, 5) is 0. The third-order valence-corrected chi connectivity index (χ3v) is 6.72. The molecule has 1 fully saturated rings. The minimum absolute atomic E-state index is 0.325. The van der Waals surface area contributed by atoms with Gasteiger partial charge in [-0.1, -0.05) is 74.9 Å². The van der Waals surface area contributed by atoms with Crippen molar-refractivity contribution in [2.75, 3.05) is 0 Å². The lowest BCUT2D eigenvalue weighted by atomic mass is 9.54. The molecule has 0 radical (unpaired) electrons. The summed E-state index contributed by atoms with van der Waals surface area (Å²) in [7, 11) is 0. The lowest BCUT2D eigenvalue weighted by Crippen LogP contribution is -2.43. The van der Waals surface area contributed by atoms with Crippen LogP contribution in [0.15, 0.2) is 54.6 Å². The van der Waals surface area contributed by atoms with Gasteiger partial charge in [0, 0.05) is 5.41 Å². The maximum atomic E-state index is 2.51. The van der Waals surface area contributed by atoms with Crippen LogP contribution in [0.1, 0.15) is 62.1 Å². The quantitative estimate of drug-likeness (QED) is 0.628. The number of hydrogen-bond donors (Lipinski definition) is 0. The number of rotatable bonds is 2. The summed E-state index contributed by atoms with van der Waals surface area (Å²) in [5.41, 5.74) is 5.14. The van der Waals surface area contributed by atoms with Gasteiger partial charge in [0.2, 0.25) is 0 Å².